The van der Waals surface area contributed by atoms with Crippen LogP contribution in [0.2, 0.25) is 0 Å². The number of imidazole rings is 1. The van der Waals surface area contributed by atoms with Crippen LogP contribution in [-0.2, 0) is 11.4 Å². The topological polar surface area (TPSA) is 115 Å². The number of aromatic nitrogens is 2. The van der Waals surface area contributed by atoms with Crippen LogP contribution in [0, 0.1) is 17.5 Å². The lowest BCUT2D eigenvalue weighted by atomic mass is 10.1. The zero-order valence-electron chi connectivity index (χ0n) is 27.0. The van der Waals surface area contributed by atoms with E-state index < -0.39 is 0 Å². The van der Waals surface area contributed by atoms with Crippen LogP contribution >= 0.6 is 0 Å². The summed E-state index contributed by atoms with van der Waals surface area (Å²) in [6, 6.07) is 22.5. The lowest BCUT2D eigenvalue weighted by Crippen LogP contribution is -2.40. The molecular weight excluding hydrogens is 592 g/mol. The molecule has 0 bridgehead atoms. The van der Waals surface area contributed by atoms with E-state index in [-0.39, 0.29) is 34.5 Å². The number of amides is 1. The Labute approximate surface area is 273 Å². The Morgan fingerprint density at radius 2 is 1.83 bits per heavy atom. The molecule has 3 aromatic carbocycles. The van der Waals surface area contributed by atoms with Crippen molar-refractivity contribution < 1.29 is 14.2 Å². The van der Waals surface area contributed by atoms with Crippen LogP contribution in [0.1, 0.15) is 36.6 Å². The van der Waals surface area contributed by atoms with Gasteiger partial charge in [0.05, 0.1) is 36.7 Å². The molecule has 240 valence electrons. The Morgan fingerprint density at radius 3 is 2.55 bits per heavy atom. The number of anilines is 2. The molecule has 4 aromatic rings. The number of benzene rings is 3. The first-order valence-corrected chi connectivity index (χ1v) is 15.6. The Balaban J connectivity index is 1.31. The van der Waals surface area contributed by atoms with Gasteiger partial charge in [-0.1, -0.05) is 41.6 Å². The van der Waals surface area contributed by atoms with Crippen LogP contribution in [0.25, 0.3) is 11.4 Å². The van der Waals surface area contributed by atoms with Crippen molar-refractivity contribution in [2.45, 2.75) is 39.3 Å². The van der Waals surface area contributed by atoms with Crippen molar-refractivity contribution >= 4 is 23.1 Å². The zero-order valence-corrected chi connectivity index (χ0v) is 27.0. The fraction of sp³-hybridized carbons (Fsp3) is 0.243. The standard InChI is InChI=1S/C37H38N6O4/c1-25-8-5-9-27(22-25)24-47-32-17-13-28(14-18-32)41-35-34(38)26(2)19-20-39-36(35)42(37(41)45)30-11-6-10-29(23-30)40(3)33(44)12-7-21-43(4,46)31-15-16-31/h5-14,17-18,20,22-23,31,38-39H,15-16,21,24H2,1-4H3/b12-7+,38-34?. The summed E-state index contributed by atoms with van der Waals surface area (Å²) in [7, 11) is 3.29. The highest BCUT2D eigenvalue weighted by Gasteiger charge is 2.34. The smallest absolute Gasteiger partial charge is 0.339 e. The first-order chi connectivity index (χ1) is 22.5. The first kappa shape index (κ1) is 31.6. The van der Waals surface area contributed by atoms with Gasteiger partial charge in [0.15, 0.2) is 0 Å². The predicted molar refractivity (Wildman–Crippen MR) is 185 cm³/mol. The van der Waals surface area contributed by atoms with E-state index in [0.717, 1.165) is 24.0 Å². The number of rotatable bonds is 10. The van der Waals surface area contributed by atoms with E-state index in [2.05, 4.69) is 17.1 Å². The van der Waals surface area contributed by atoms with Crippen molar-refractivity contribution in [3.63, 3.8) is 0 Å². The molecule has 1 unspecified atom stereocenters. The minimum Gasteiger partial charge on any atom is -0.633 e. The van der Waals surface area contributed by atoms with Crippen molar-refractivity contribution in [3.8, 4) is 17.1 Å². The monoisotopic (exact) mass is 630 g/mol. The summed E-state index contributed by atoms with van der Waals surface area (Å²) in [4.78, 5) is 28.8. The molecule has 2 heterocycles. The van der Waals surface area contributed by atoms with Crippen LogP contribution < -0.4 is 20.6 Å². The highest BCUT2D eigenvalue weighted by atomic mass is 16.5. The summed E-state index contributed by atoms with van der Waals surface area (Å²) in [5.41, 5.74) is 7.64. The van der Waals surface area contributed by atoms with Gasteiger partial charge in [0.25, 0.3) is 5.91 Å². The van der Waals surface area contributed by atoms with Crippen molar-refractivity contribution in [3.05, 3.63) is 135 Å². The van der Waals surface area contributed by atoms with Gasteiger partial charge in [-0.05, 0) is 68.0 Å². The fourth-order valence-corrected chi connectivity index (χ4v) is 5.68. The van der Waals surface area contributed by atoms with Crippen molar-refractivity contribution in [2.24, 2.45) is 0 Å². The summed E-state index contributed by atoms with van der Waals surface area (Å²) >= 11 is 0. The minimum absolute atomic E-state index is 0.115. The molecule has 0 spiro atoms. The predicted octanol–water partition coefficient (Wildman–Crippen LogP) is 5.99. The van der Waals surface area contributed by atoms with Gasteiger partial charge in [-0.2, -0.15) is 0 Å². The van der Waals surface area contributed by atoms with E-state index in [9.17, 15) is 14.8 Å². The minimum atomic E-state index is -0.387. The van der Waals surface area contributed by atoms with Gasteiger partial charge in [0.2, 0.25) is 0 Å². The number of hydrogen-bond acceptors (Lipinski definition) is 6. The Hall–Kier alpha value is -5.41. The van der Waals surface area contributed by atoms with Crippen LogP contribution in [0.5, 0.6) is 5.75 Å². The highest BCUT2D eigenvalue weighted by molar-refractivity contribution is 6.13. The number of nitrogens with zero attached hydrogens (tertiary/aromatic N) is 4. The van der Waals surface area contributed by atoms with Crippen molar-refractivity contribution in [2.75, 3.05) is 30.9 Å². The van der Waals surface area contributed by atoms with Crippen molar-refractivity contribution in [1.29, 1.82) is 5.41 Å². The van der Waals surface area contributed by atoms with Crippen LogP contribution in [0.3, 0.4) is 0 Å². The number of allylic oxidation sites excluding steroid dienone is 1. The second kappa shape index (κ2) is 12.8. The number of quaternary nitrogens is 1. The van der Waals surface area contributed by atoms with Crippen LogP contribution in [0.4, 0.5) is 11.5 Å². The van der Waals surface area contributed by atoms with Gasteiger partial charge in [0, 0.05) is 43.4 Å². The largest absolute Gasteiger partial charge is 0.633 e. The van der Waals surface area contributed by atoms with Gasteiger partial charge in [-0.25, -0.2) is 9.36 Å². The van der Waals surface area contributed by atoms with Gasteiger partial charge in [-0.15, -0.1) is 0 Å². The zero-order chi connectivity index (χ0) is 33.3. The number of ether oxygens (including phenoxy) is 1. The number of hydrogen-bond donors (Lipinski definition) is 2. The van der Waals surface area contributed by atoms with Crippen LogP contribution in [0.15, 0.2) is 107 Å². The molecule has 1 amide bonds. The Kier molecular flexibility index (Phi) is 8.58. The highest BCUT2D eigenvalue weighted by Crippen LogP contribution is 2.31. The third-order valence-electron chi connectivity index (χ3n) is 8.60. The van der Waals surface area contributed by atoms with E-state index >= 15 is 0 Å². The van der Waals surface area contributed by atoms with Gasteiger partial charge < -0.3 is 24.8 Å². The number of carbonyl (C=O) groups excluding carboxylic acids is 1. The molecule has 2 N–H and O–H groups in total. The van der Waals surface area contributed by atoms with Gasteiger partial charge in [0.1, 0.15) is 23.9 Å². The summed E-state index contributed by atoms with van der Waals surface area (Å²) in [6.07, 6.45) is 6.50. The molecule has 1 atom stereocenters. The van der Waals surface area contributed by atoms with Gasteiger partial charge in [-0.3, -0.25) is 14.8 Å². The lowest BCUT2D eigenvalue weighted by Gasteiger charge is -2.38. The third-order valence-corrected chi connectivity index (χ3v) is 8.60. The molecule has 10 nitrogen and oxygen atoms in total. The number of nitrogens with one attached hydrogen (secondary N) is 2. The average Bonchev–Trinajstić information content (AvgIpc) is 3.89. The molecule has 1 fully saturated rings. The second-order valence-corrected chi connectivity index (χ2v) is 12.3. The molecule has 1 aromatic heterocycles. The molecule has 1 aliphatic carbocycles. The van der Waals surface area contributed by atoms with Crippen molar-refractivity contribution in [1.82, 2.24) is 9.13 Å². The lowest BCUT2D eigenvalue weighted by molar-refractivity contribution is -0.865. The van der Waals surface area contributed by atoms with E-state index in [1.165, 1.54) is 20.1 Å². The summed E-state index contributed by atoms with van der Waals surface area (Å²) < 4.78 is 8.63. The Morgan fingerprint density at radius 1 is 1.09 bits per heavy atom. The molecule has 47 heavy (non-hydrogen) atoms. The molecule has 6 rings (SSSR count). The number of aryl methyl sites for hydroxylation is 1. The molecule has 10 heteroatoms. The first-order valence-electron chi connectivity index (χ1n) is 15.6. The number of likely N-dealkylation sites (N-methyl/N-ethyl adjacent to an activating group) is 2. The second-order valence-electron chi connectivity index (χ2n) is 12.3. The van der Waals surface area contributed by atoms with E-state index in [1.807, 2.05) is 37.3 Å². The normalized spacial score (nSPS) is 15.4. The molecule has 2 aliphatic rings. The van der Waals surface area contributed by atoms with E-state index in [4.69, 9.17) is 10.1 Å². The quantitative estimate of drug-likeness (QED) is 0.0967. The van der Waals surface area contributed by atoms with E-state index in [1.54, 1.807) is 69.7 Å². The number of carbonyl (C=O) groups is 1. The molecule has 0 saturated heterocycles. The molecule has 1 aliphatic heterocycles. The molecule has 1 saturated carbocycles. The Bertz CT molecular complexity index is 2010. The number of fused-ring (bicyclic) bond motifs is 1. The van der Waals surface area contributed by atoms with Gasteiger partial charge >= 0.3 is 5.69 Å². The number of hydroxylamine groups is 3. The summed E-state index contributed by atoms with van der Waals surface area (Å²) in [5, 5.41) is 24.7. The average molecular weight is 631 g/mol. The SMILES string of the molecule is CC1=C=CNc2c(n(-c3ccc(OCc4cccc(C)c4)cc3)c(=O)n2-c2cccc(N(C)C(=O)/C=C/C[N+](C)([O-])C3CC3)c2)C1=N. The molecular formula is C37H38N6O4. The maximum atomic E-state index is 14.3. The summed E-state index contributed by atoms with van der Waals surface area (Å²) in [6.45, 7) is 4.46. The summed E-state index contributed by atoms with van der Waals surface area (Å²) in [5.74, 6) is 0.775. The van der Waals surface area contributed by atoms with E-state index in [0.29, 0.717) is 46.5 Å². The maximum absolute atomic E-state index is 14.3. The maximum Gasteiger partial charge on any atom is 0.339 e. The van der Waals surface area contributed by atoms with Crippen LogP contribution in [-0.4, -0.2) is 52.1 Å². The third kappa shape index (κ3) is 6.62. The molecule has 0 radical (unpaired) electrons. The fourth-order valence-electron chi connectivity index (χ4n) is 5.68.